The van der Waals surface area contributed by atoms with Gasteiger partial charge >= 0.3 is 0 Å². The topological polar surface area (TPSA) is 81.6 Å². The third-order valence-corrected chi connectivity index (χ3v) is 4.72. The molecule has 0 atom stereocenters. The molecule has 1 aliphatic rings. The SMILES string of the molecule is CCOc1ccccc1C(=O)N1CCC(c2nnc(-c3ccco3)o2)CC1. The second-order valence-electron chi connectivity index (χ2n) is 6.42. The molecule has 4 rings (SSSR count). The quantitative estimate of drug-likeness (QED) is 0.683. The van der Waals surface area contributed by atoms with Crippen molar-refractivity contribution in [1.82, 2.24) is 15.1 Å². The zero-order valence-electron chi connectivity index (χ0n) is 15.1. The molecule has 1 saturated heterocycles. The Morgan fingerprint density at radius 1 is 1.19 bits per heavy atom. The molecule has 0 unspecified atom stereocenters. The standard InChI is InChI=1S/C20H21N3O4/c1-2-25-16-7-4-3-6-15(16)20(24)23-11-9-14(10-12-23)18-21-22-19(27-18)17-8-5-13-26-17/h3-8,13-14H,2,9-12H2,1H3. The van der Waals surface area contributed by atoms with Gasteiger partial charge in [-0.05, 0) is 44.0 Å². The molecule has 27 heavy (non-hydrogen) atoms. The zero-order valence-corrected chi connectivity index (χ0v) is 15.1. The van der Waals surface area contributed by atoms with E-state index in [1.165, 1.54) is 0 Å². The number of rotatable bonds is 5. The number of amides is 1. The molecule has 140 valence electrons. The number of hydrogen-bond acceptors (Lipinski definition) is 6. The molecule has 0 aliphatic carbocycles. The van der Waals surface area contributed by atoms with Crippen LogP contribution in [-0.2, 0) is 0 Å². The van der Waals surface area contributed by atoms with Gasteiger partial charge in [0.1, 0.15) is 5.75 Å². The van der Waals surface area contributed by atoms with Crippen LogP contribution in [0.2, 0.25) is 0 Å². The van der Waals surface area contributed by atoms with Gasteiger partial charge in [0.25, 0.3) is 11.8 Å². The summed E-state index contributed by atoms with van der Waals surface area (Å²) in [4.78, 5) is 14.7. The van der Waals surface area contributed by atoms with Crippen molar-refractivity contribution >= 4 is 5.91 Å². The van der Waals surface area contributed by atoms with Gasteiger partial charge in [-0.3, -0.25) is 4.79 Å². The highest BCUT2D eigenvalue weighted by molar-refractivity contribution is 5.97. The fourth-order valence-electron chi connectivity index (χ4n) is 3.32. The van der Waals surface area contributed by atoms with E-state index in [9.17, 15) is 4.79 Å². The lowest BCUT2D eigenvalue weighted by Gasteiger charge is -2.30. The fraction of sp³-hybridized carbons (Fsp3) is 0.350. The molecule has 3 aromatic rings. The van der Waals surface area contributed by atoms with Crippen LogP contribution >= 0.6 is 0 Å². The second-order valence-corrected chi connectivity index (χ2v) is 6.42. The van der Waals surface area contributed by atoms with Crippen LogP contribution in [0.3, 0.4) is 0 Å². The van der Waals surface area contributed by atoms with E-state index in [2.05, 4.69) is 10.2 Å². The van der Waals surface area contributed by atoms with Crippen LogP contribution in [0.15, 0.2) is 51.5 Å². The summed E-state index contributed by atoms with van der Waals surface area (Å²) in [5.74, 6) is 2.33. The van der Waals surface area contributed by atoms with Crippen molar-refractivity contribution in [3.63, 3.8) is 0 Å². The maximum absolute atomic E-state index is 12.9. The first-order chi connectivity index (χ1) is 13.3. The zero-order chi connectivity index (χ0) is 18.6. The van der Waals surface area contributed by atoms with Gasteiger partial charge in [-0.2, -0.15) is 0 Å². The first kappa shape index (κ1) is 17.3. The summed E-state index contributed by atoms with van der Waals surface area (Å²) in [5.41, 5.74) is 0.607. The van der Waals surface area contributed by atoms with E-state index in [1.807, 2.05) is 36.1 Å². The van der Waals surface area contributed by atoms with Crippen molar-refractivity contribution in [3.05, 3.63) is 54.1 Å². The number of carbonyl (C=O) groups is 1. The number of likely N-dealkylation sites (tertiary alicyclic amines) is 1. The molecule has 1 aromatic carbocycles. The third kappa shape index (κ3) is 3.58. The summed E-state index contributed by atoms with van der Waals surface area (Å²) in [6, 6.07) is 10.9. The average molecular weight is 367 g/mol. The summed E-state index contributed by atoms with van der Waals surface area (Å²) in [5, 5.41) is 8.22. The van der Waals surface area contributed by atoms with Crippen LogP contribution in [0.25, 0.3) is 11.7 Å². The minimum absolute atomic E-state index is 0.000645. The minimum atomic E-state index is -0.000645. The minimum Gasteiger partial charge on any atom is -0.493 e. The third-order valence-electron chi connectivity index (χ3n) is 4.72. The smallest absolute Gasteiger partial charge is 0.283 e. The van der Waals surface area contributed by atoms with Gasteiger partial charge in [-0.25, -0.2) is 0 Å². The van der Waals surface area contributed by atoms with Crippen LogP contribution in [0.4, 0.5) is 0 Å². The molecule has 0 N–H and O–H groups in total. The number of ether oxygens (including phenoxy) is 1. The molecular formula is C20H21N3O4. The normalized spacial score (nSPS) is 15.1. The van der Waals surface area contributed by atoms with Crippen molar-refractivity contribution in [1.29, 1.82) is 0 Å². The van der Waals surface area contributed by atoms with Crippen molar-refractivity contribution in [2.45, 2.75) is 25.7 Å². The number of benzene rings is 1. The van der Waals surface area contributed by atoms with Crippen molar-refractivity contribution in [2.24, 2.45) is 0 Å². The van der Waals surface area contributed by atoms with E-state index in [-0.39, 0.29) is 11.8 Å². The van der Waals surface area contributed by atoms with E-state index < -0.39 is 0 Å². The molecule has 2 aromatic heterocycles. The molecule has 1 aliphatic heterocycles. The van der Waals surface area contributed by atoms with Crippen molar-refractivity contribution < 1.29 is 18.4 Å². The van der Waals surface area contributed by atoms with Crippen LogP contribution in [-0.4, -0.2) is 40.7 Å². The first-order valence-corrected chi connectivity index (χ1v) is 9.14. The van der Waals surface area contributed by atoms with Crippen LogP contribution in [0, 0.1) is 0 Å². The Kier molecular flexibility index (Phi) is 4.91. The number of nitrogens with zero attached hydrogens (tertiary/aromatic N) is 3. The molecule has 0 radical (unpaired) electrons. The Morgan fingerprint density at radius 3 is 2.74 bits per heavy atom. The highest BCUT2D eigenvalue weighted by Gasteiger charge is 2.29. The Morgan fingerprint density at radius 2 is 2.00 bits per heavy atom. The van der Waals surface area contributed by atoms with E-state index in [0.29, 0.717) is 48.6 Å². The summed E-state index contributed by atoms with van der Waals surface area (Å²) in [6.45, 7) is 3.72. The van der Waals surface area contributed by atoms with Crippen LogP contribution in [0.5, 0.6) is 5.75 Å². The van der Waals surface area contributed by atoms with Gasteiger partial charge in [-0.15, -0.1) is 10.2 Å². The number of carbonyl (C=O) groups excluding carboxylic acids is 1. The molecule has 3 heterocycles. The Balaban J connectivity index is 1.41. The number of hydrogen-bond donors (Lipinski definition) is 0. The molecule has 7 nitrogen and oxygen atoms in total. The number of piperidine rings is 1. The average Bonchev–Trinajstić information content (AvgIpc) is 3.40. The maximum Gasteiger partial charge on any atom is 0.283 e. The molecular weight excluding hydrogens is 346 g/mol. The van der Waals surface area contributed by atoms with Gasteiger partial charge in [0, 0.05) is 19.0 Å². The summed E-state index contributed by atoms with van der Waals surface area (Å²) in [6.07, 6.45) is 3.13. The number of aromatic nitrogens is 2. The van der Waals surface area contributed by atoms with Gasteiger partial charge in [0.15, 0.2) is 5.76 Å². The summed E-state index contributed by atoms with van der Waals surface area (Å²) in [7, 11) is 0. The van der Waals surface area contributed by atoms with E-state index in [4.69, 9.17) is 13.6 Å². The predicted octanol–water partition coefficient (Wildman–Crippen LogP) is 3.75. The van der Waals surface area contributed by atoms with Gasteiger partial charge in [-0.1, -0.05) is 12.1 Å². The van der Waals surface area contributed by atoms with Gasteiger partial charge in [0.05, 0.1) is 18.4 Å². The molecule has 1 amide bonds. The maximum atomic E-state index is 12.9. The molecule has 0 bridgehead atoms. The summed E-state index contributed by atoms with van der Waals surface area (Å²) < 4.78 is 16.6. The van der Waals surface area contributed by atoms with Gasteiger partial charge < -0.3 is 18.5 Å². The Labute approximate surface area is 156 Å². The predicted molar refractivity (Wildman–Crippen MR) is 97.5 cm³/mol. The van der Waals surface area contributed by atoms with Gasteiger partial charge in [0.2, 0.25) is 5.89 Å². The fourth-order valence-corrected chi connectivity index (χ4v) is 3.32. The van der Waals surface area contributed by atoms with Crippen LogP contribution < -0.4 is 4.74 Å². The second kappa shape index (κ2) is 7.65. The Hall–Kier alpha value is -3.09. The Bertz CT molecular complexity index is 896. The van der Waals surface area contributed by atoms with E-state index >= 15 is 0 Å². The first-order valence-electron chi connectivity index (χ1n) is 9.14. The number of para-hydroxylation sites is 1. The van der Waals surface area contributed by atoms with Crippen LogP contribution in [0.1, 0.15) is 41.9 Å². The highest BCUT2D eigenvalue weighted by atomic mass is 16.5. The molecule has 0 saturated carbocycles. The van der Waals surface area contributed by atoms with E-state index in [1.54, 1.807) is 18.4 Å². The monoisotopic (exact) mass is 367 g/mol. The van der Waals surface area contributed by atoms with Crippen molar-refractivity contribution in [3.8, 4) is 17.4 Å². The molecule has 1 fully saturated rings. The molecule has 0 spiro atoms. The lowest BCUT2D eigenvalue weighted by Crippen LogP contribution is -2.38. The summed E-state index contributed by atoms with van der Waals surface area (Å²) >= 11 is 0. The number of furan rings is 1. The van der Waals surface area contributed by atoms with E-state index in [0.717, 1.165) is 12.8 Å². The van der Waals surface area contributed by atoms with Crippen molar-refractivity contribution in [2.75, 3.05) is 19.7 Å². The largest absolute Gasteiger partial charge is 0.493 e. The lowest BCUT2D eigenvalue weighted by molar-refractivity contribution is 0.0702. The highest BCUT2D eigenvalue weighted by Crippen LogP contribution is 2.31. The lowest BCUT2D eigenvalue weighted by atomic mass is 9.96. The molecule has 7 heteroatoms.